The Bertz CT molecular complexity index is 989. The molecule has 1 unspecified atom stereocenters. The Morgan fingerprint density at radius 3 is 2.54 bits per heavy atom. The van der Waals surface area contributed by atoms with Crippen LogP contribution >= 0.6 is 22.7 Å². The summed E-state index contributed by atoms with van der Waals surface area (Å²) in [6.07, 6.45) is 0.346. The Hall–Kier alpha value is -1.96. The lowest BCUT2D eigenvalue weighted by Crippen LogP contribution is -2.23. The largest absolute Gasteiger partial charge is 0.324 e. The molecule has 0 bridgehead atoms. The number of amides is 1. The van der Waals surface area contributed by atoms with Crippen LogP contribution in [-0.2, 0) is 14.6 Å². The van der Waals surface area contributed by atoms with Crippen LogP contribution in [0.5, 0.6) is 0 Å². The number of hydrogen-bond acceptors (Lipinski definition) is 5. The van der Waals surface area contributed by atoms with Gasteiger partial charge in [-0.05, 0) is 23.6 Å². The molecule has 4 nitrogen and oxygen atoms in total. The number of hydrogen-bond donors (Lipinski definition) is 1. The average molecular weight is 375 g/mol. The van der Waals surface area contributed by atoms with Crippen LogP contribution < -0.4 is 5.32 Å². The van der Waals surface area contributed by atoms with Crippen molar-refractivity contribution < 1.29 is 13.2 Å². The minimum atomic E-state index is -3.65. The van der Waals surface area contributed by atoms with Crippen LogP contribution in [0.4, 0.5) is 5.69 Å². The predicted molar refractivity (Wildman–Crippen MR) is 95.6 cm³/mol. The third kappa shape index (κ3) is 2.49. The van der Waals surface area contributed by atoms with Gasteiger partial charge in [-0.2, -0.15) is 0 Å². The van der Waals surface area contributed by atoms with E-state index in [1.165, 1.54) is 11.3 Å². The van der Waals surface area contributed by atoms with Crippen molar-refractivity contribution in [2.24, 2.45) is 0 Å². The Labute approximate surface area is 147 Å². The maximum atomic E-state index is 12.9. The highest BCUT2D eigenvalue weighted by Crippen LogP contribution is 2.46. The molecule has 1 N–H and O–H groups in total. The summed E-state index contributed by atoms with van der Waals surface area (Å²) in [7, 11) is -3.65. The number of rotatable bonds is 3. The molecule has 0 saturated heterocycles. The summed E-state index contributed by atoms with van der Waals surface area (Å²) in [4.78, 5) is 14.6. The van der Waals surface area contributed by atoms with Crippen LogP contribution in [-0.4, -0.2) is 14.3 Å². The van der Waals surface area contributed by atoms with E-state index in [2.05, 4.69) is 5.32 Å². The molecule has 0 aliphatic carbocycles. The van der Waals surface area contributed by atoms with Crippen molar-refractivity contribution in [1.29, 1.82) is 0 Å². The van der Waals surface area contributed by atoms with Gasteiger partial charge in [0.25, 0.3) is 0 Å². The molecule has 4 rings (SSSR count). The van der Waals surface area contributed by atoms with Crippen molar-refractivity contribution >= 4 is 44.1 Å². The van der Waals surface area contributed by atoms with Crippen LogP contribution in [0.2, 0.25) is 0 Å². The van der Waals surface area contributed by atoms with Gasteiger partial charge in [-0.3, -0.25) is 4.79 Å². The first-order valence-corrected chi connectivity index (χ1v) is 10.6. The van der Waals surface area contributed by atoms with Crippen LogP contribution in [0.1, 0.15) is 22.1 Å². The molecule has 0 radical (unpaired) electrons. The third-order valence-corrected chi connectivity index (χ3v) is 8.01. The van der Waals surface area contributed by atoms with Gasteiger partial charge in [-0.15, -0.1) is 22.7 Å². The molecular weight excluding hydrogens is 362 g/mol. The van der Waals surface area contributed by atoms with Crippen molar-refractivity contribution in [3.63, 3.8) is 0 Å². The van der Waals surface area contributed by atoms with E-state index in [0.29, 0.717) is 12.1 Å². The van der Waals surface area contributed by atoms with E-state index in [0.717, 1.165) is 9.75 Å². The second kappa shape index (κ2) is 5.84. The van der Waals surface area contributed by atoms with Crippen molar-refractivity contribution in [3.8, 4) is 0 Å². The zero-order chi connectivity index (χ0) is 16.7. The van der Waals surface area contributed by atoms with Crippen LogP contribution in [0, 0.1) is 0 Å². The quantitative estimate of drug-likeness (QED) is 0.749. The van der Waals surface area contributed by atoms with E-state index in [1.807, 2.05) is 17.5 Å². The van der Waals surface area contributed by atoms with E-state index in [9.17, 15) is 13.2 Å². The molecule has 1 amide bonds. The highest BCUT2D eigenvalue weighted by atomic mass is 32.2. The van der Waals surface area contributed by atoms with Gasteiger partial charge in [0.1, 0.15) is 4.90 Å². The zero-order valence-electron chi connectivity index (χ0n) is 12.4. The monoisotopic (exact) mass is 375 g/mol. The predicted octanol–water partition coefficient (Wildman–Crippen LogP) is 4.12. The van der Waals surface area contributed by atoms with Gasteiger partial charge in [0.2, 0.25) is 15.7 Å². The van der Waals surface area contributed by atoms with E-state index in [1.54, 1.807) is 47.0 Å². The molecule has 7 heteroatoms. The first kappa shape index (κ1) is 15.6. The number of carbonyl (C=O) groups excluding carboxylic acids is 1. The number of thiophene rings is 2. The molecule has 3 heterocycles. The Morgan fingerprint density at radius 1 is 1.04 bits per heavy atom. The first-order valence-electron chi connectivity index (χ1n) is 7.32. The minimum Gasteiger partial charge on any atom is -0.324 e. The maximum Gasteiger partial charge on any atom is 0.225 e. The second-order valence-corrected chi connectivity index (χ2v) is 9.28. The lowest BCUT2D eigenvalue weighted by Gasteiger charge is -2.22. The fraction of sp³-hybridized carbons (Fsp3) is 0.118. The van der Waals surface area contributed by atoms with Gasteiger partial charge in [-0.1, -0.05) is 24.3 Å². The van der Waals surface area contributed by atoms with Crippen molar-refractivity contribution in [2.75, 3.05) is 5.32 Å². The lowest BCUT2D eigenvalue weighted by molar-refractivity contribution is -0.116. The summed E-state index contributed by atoms with van der Waals surface area (Å²) in [6, 6.07) is 12.2. The van der Waals surface area contributed by atoms with Gasteiger partial charge in [0.15, 0.2) is 0 Å². The molecule has 1 aliphatic heterocycles. The molecule has 122 valence electrons. The molecular formula is C17H13NO3S3. The SMILES string of the molecule is O=C1CC(c2cccs2)c2scc(S(=O)(=O)c3ccccc3)c2N1. The second-order valence-electron chi connectivity index (χ2n) is 5.48. The van der Waals surface area contributed by atoms with Gasteiger partial charge in [-0.25, -0.2) is 8.42 Å². The lowest BCUT2D eigenvalue weighted by atomic mass is 9.97. The van der Waals surface area contributed by atoms with Crippen molar-refractivity contribution in [1.82, 2.24) is 0 Å². The molecule has 0 saturated carbocycles. The van der Waals surface area contributed by atoms with Gasteiger partial charge >= 0.3 is 0 Å². The average Bonchev–Trinajstić information content (AvgIpc) is 3.24. The summed E-state index contributed by atoms with van der Waals surface area (Å²) in [6.45, 7) is 0. The Morgan fingerprint density at radius 2 is 1.83 bits per heavy atom. The minimum absolute atomic E-state index is 0.0709. The number of sulfone groups is 1. The molecule has 3 aromatic rings. The van der Waals surface area contributed by atoms with Crippen LogP contribution in [0.3, 0.4) is 0 Å². The molecule has 0 fully saturated rings. The van der Waals surface area contributed by atoms with Crippen LogP contribution in [0.25, 0.3) is 0 Å². The van der Waals surface area contributed by atoms with E-state index < -0.39 is 9.84 Å². The van der Waals surface area contributed by atoms with Gasteiger partial charge in [0.05, 0.1) is 10.6 Å². The standard InChI is InChI=1S/C17H13NO3S3/c19-15-9-12(13-7-4-8-22-13)17-16(18-15)14(10-23-17)24(20,21)11-5-2-1-3-6-11/h1-8,10,12H,9H2,(H,18,19). The zero-order valence-corrected chi connectivity index (χ0v) is 14.9. The fourth-order valence-electron chi connectivity index (χ4n) is 2.85. The molecule has 1 aliphatic rings. The van der Waals surface area contributed by atoms with E-state index in [4.69, 9.17) is 0 Å². The molecule has 0 spiro atoms. The van der Waals surface area contributed by atoms with Crippen molar-refractivity contribution in [3.05, 3.63) is 63.0 Å². The highest BCUT2D eigenvalue weighted by Gasteiger charge is 2.34. The summed E-state index contributed by atoms with van der Waals surface area (Å²) in [5, 5.41) is 6.38. The number of anilines is 1. The summed E-state index contributed by atoms with van der Waals surface area (Å²) < 4.78 is 25.8. The van der Waals surface area contributed by atoms with Gasteiger partial charge in [0, 0.05) is 27.5 Å². The molecule has 24 heavy (non-hydrogen) atoms. The summed E-state index contributed by atoms with van der Waals surface area (Å²) >= 11 is 2.98. The normalized spacial score (nSPS) is 17.3. The molecule has 1 aromatic carbocycles. The molecule has 1 atom stereocenters. The van der Waals surface area contributed by atoms with Crippen molar-refractivity contribution in [2.45, 2.75) is 22.1 Å². The number of carbonyl (C=O) groups is 1. The van der Waals surface area contributed by atoms with Gasteiger partial charge < -0.3 is 5.32 Å². The maximum absolute atomic E-state index is 12.9. The fourth-order valence-corrected chi connectivity index (χ4v) is 6.68. The summed E-state index contributed by atoms with van der Waals surface area (Å²) in [5.74, 6) is -0.220. The topological polar surface area (TPSA) is 63.2 Å². The van der Waals surface area contributed by atoms with E-state index >= 15 is 0 Å². The highest BCUT2D eigenvalue weighted by molar-refractivity contribution is 7.91. The summed E-state index contributed by atoms with van der Waals surface area (Å²) in [5.41, 5.74) is 0.443. The number of fused-ring (bicyclic) bond motifs is 1. The van der Waals surface area contributed by atoms with Crippen LogP contribution in [0.15, 0.2) is 63.0 Å². The number of nitrogens with one attached hydrogen (secondary N) is 1. The smallest absolute Gasteiger partial charge is 0.225 e. The Kier molecular flexibility index (Phi) is 3.79. The number of benzene rings is 1. The third-order valence-electron chi connectivity index (χ3n) is 3.99. The Balaban J connectivity index is 1.85. The van der Waals surface area contributed by atoms with E-state index in [-0.39, 0.29) is 21.6 Å². The first-order chi connectivity index (χ1) is 11.6. The molecule has 2 aromatic heterocycles.